The predicted molar refractivity (Wildman–Crippen MR) is 116 cm³/mol. The number of rotatable bonds is 9. The van der Waals surface area contributed by atoms with Crippen molar-refractivity contribution >= 4 is 35.0 Å². The molecule has 0 saturated carbocycles. The molecule has 0 aliphatic rings. The molecule has 0 radical (unpaired) electrons. The summed E-state index contributed by atoms with van der Waals surface area (Å²) < 4.78 is 19.2. The highest BCUT2D eigenvalue weighted by Gasteiger charge is 2.29. The first-order chi connectivity index (χ1) is 14.2. The monoisotopic (exact) mass is 454 g/mol. The highest BCUT2D eigenvalue weighted by atomic mass is 35.5. The largest absolute Gasteiger partial charge is 0.481 e. The molecule has 1 N–H and O–H groups in total. The molecule has 1 atom stereocenters. The van der Waals surface area contributed by atoms with Crippen LogP contribution in [0.4, 0.5) is 4.39 Å². The number of nitrogens with zero attached hydrogens (tertiary/aromatic N) is 1. The number of ether oxygens (including phenoxy) is 1. The van der Waals surface area contributed by atoms with E-state index in [1.165, 1.54) is 23.1 Å². The number of hydrogen-bond acceptors (Lipinski definition) is 3. The van der Waals surface area contributed by atoms with Crippen molar-refractivity contribution in [3.8, 4) is 5.75 Å². The van der Waals surface area contributed by atoms with Crippen molar-refractivity contribution in [1.29, 1.82) is 0 Å². The molecule has 162 valence electrons. The molecule has 2 rings (SSSR count). The van der Waals surface area contributed by atoms with Crippen molar-refractivity contribution in [1.82, 2.24) is 10.2 Å². The van der Waals surface area contributed by atoms with Gasteiger partial charge in [0.25, 0.3) is 5.91 Å². The van der Waals surface area contributed by atoms with Gasteiger partial charge in [-0.3, -0.25) is 9.59 Å². The standard InChI is InChI=1S/C22H25Cl2FN2O3/c1-4-19(22(29)26-14(2)3)27(12-15-9-10-16(23)17(24)11-15)21(28)13-30-20-8-6-5-7-18(20)25/h5-11,14,19H,4,12-13H2,1-3H3,(H,26,29)/t19-/m1/s1. The lowest BCUT2D eigenvalue weighted by Gasteiger charge is -2.31. The van der Waals surface area contributed by atoms with Crippen LogP contribution >= 0.6 is 23.2 Å². The summed E-state index contributed by atoms with van der Waals surface area (Å²) in [5.74, 6) is -1.31. The summed E-state index contributed by atoms with van der Waals surface area (Å²) in [5.41, 5.74) is 0.708. The first kappa shape index (κ1) is 24.0. The Hall–Kier alpha value is -2.31. The van der Waals surface area contributed by atoms with Crippen LogP contribution in [-0.4, -0.2) is 35.4 Å². The maximum Gasteiger partial charge on any atom is 0.261 e. The number of para-hydroxylation sites is 1. The van der Waals surface area contributed by atoms with Crippen LogP contribution in [-0.2, 0) is 16.1 Å². The molecule has 8 heteroatoms. The Morgan fingerprint density at radius 3 is 2.43 bits per heavy atom. The summed E-state index contributed by atoms with van der Waals surface area (Å²) >= 11 is 12.1. The van der Waals surface area contributed by atoms with Gasteiger partial charge in [-0.2, -0.15) is 0 Å². The summed E-state index contributed by atoms with van der Waals surface area (Å²) in [4.78, 5) is 27.1. The average molecular weight is 455 g/mol. The van der Waals surface area contributed by atoms with Crippen LogP contribution < -0.4 is 10.1 Å². The molecule has 2 aromatic carbocycles. The van der Waals surface area contributed by atoms with E-state index in [1.54, 1.807) is 24.3 Å². The fourth-order valence-electron chi connectivity index (χ4n) is 2.92. The minimum Gasteiger partial charge on any atom is -0.481 e. The first-order valence-electron chi connectivity index (χ1n) is 9.64. The Morgan fingerprint density at radius 1 is 1.13 bits per heavy atom. The zero-order valence-electron chi connectivity index (χ0n) is 17.1. The van der Waals surface area contributed by atoms with Crippen molar-refractivity contribution in [3.63, 3.8) is 0 Å². The molecule has 0 aromatic heterocycles. The predicted octanol–water partition coefficient (Wildman–Crippen LogP) is 4.84. The number of halogens is 3. The number of benzene rings is 2. The van der Waals surface area contributed by atoms with Crippen molar-refractivity contribution in [2.75, 3.05) is 6.61 Å². The number of nitrogens with one attached hydrogen (secondary N) is 1. The lowest BCUT2D eigenvalue weighted by atomic mass is 10.1. The van der Waals surface area contributed by atoms with Crippen molar-refractivity contribution in [2.45, 2.75) is 45.8 Å². The van der Waals surface area contributed by atoms with E-state index in [0.717, 1.165) is 0 Å². The molecular weight excluding hydrogens is 430 g/mol. The molecule has 0 unspecified atom stereocenters. The van der Waals surface area contributed by atoms with E-state index in [1.807, 2.05) is 20.8 Å². The molecule has 0 aliphatic heterocycles. The first-order valence-corrected chi connectivity index (χ1v) is 10.4. The van der Waals surface area contributed by atoms with E-state index < -0.39 is 24.4 Å². The Morgan fingerprint density at radius 2 is 1.83 bits per heavy atom. The van der Waals surface area contributed by atoms with Crippen LogP contribution in [0.2, 0.25) is 10.0 Å². The van der Waals surface area contributed by atoms with Crippen molar-refractivity contribution < 1.29 is 18.7 Å². The maximum atomic E-state index is 13.8. The van der Waals surface area contributed by atoms with Crippen LogP contribution in [0.3, 0.4) is 0 Å². The molecule has 5 nitrogen and oxygen atoms in total. The summed E-state index contributed by atoms with van der Waals surface area (Å²) in [6, 6.07) is 10.0. The Bertz CT molecular complexity index is 892. The van der Waals surface area contributed by atoms with E-state index in [2.05, 4.69) is 5.32 Å². The van der Waals surface area contributed by atoms with E-state index in [4.69, 9.17) is 27.9 Å². The number of carbonyl (C=O) groups excluding carboxylic acids is 2. The van der Waals surface area contributed by atoms with Gasteiger partial charge < -0.3 is 15.0 Å². The normalized spacial score (nSPS) is 11.8. The Balaban J connectivity index is 2.25. The molecule has 0 saturated heterocycles. The van der Waals surface area contributed by atoms with Gasteiger partial charge >= 0.3 is 0 Å². The number of hydrogen-bond donors (Lipinski definition) is 1. The van der Waals surface area contributed by atoms with E-state index >= 15 is 0 Å². The lowest BCUT2D eigenvalue weighted by molar-refractivity contribution is -0.143. The van der Waals surface area contributed by atoms with Crippen LogP contribution in [0, 0.1) is 5.82 Å². The molecule has 0 bridgehead atoms. The molecule has 0 heterocycles. The van der Waals surface area contributed by atoms with Gasteiger partial charge in [-0.05, 0) is 50.1 Å². The third-order valence-electron chi connectivity index (χ3n) is 4.34. The maximum absolute atomic E-state index is 13.8. The van der Waals surface area contributed by atoms with E-state index in [0.29, 0.717) is 22.0 Å². The van der Waals surface area contributed by atoms with Gasteiger partial charge in [0, 0.05) is 12.6 Å². The molecule has 2 aromatic rings. The number of carbonyl (C=O) groups is 2. The fourth-order valence-corrected chi connectivity index (χ4v) is 3.24. The quantitative estimate of drug-likeness (QED) is 0.589. The van der Waals surface area contributed by atoms with Gasteiger partial charge in [-0.15, -0.1) is 0 Å². The van der Waals surface area contributed by atoms with Gasteiger partial charge in [0.15, 0.2) is 18.2 Å². The highest BCUT2D eigenvalue weighted by Crippen LogP contribution is 2.24. The van der Waals surface area contributed by atoms with Crippen LogP contribution in [0.1, 0.15) is 32.8 Å². The summed E-state index contributed by atoms with van der Waals surface area (Å²) in [5, 5.41) is 3.58. The minimum absolute atomic E-state index is 0.0278. The van der Waals surface area contributed by atoms with Gasteiger partial charge in [0.05, 0.1) is 10.0 Å². The third kappa shape index (κ3) is 6.61. The summed E-state index contributed by atoms with van der Waals surface area (Å²) in [6.45, 7) is 5.22. The Labute approximate surface area is 186 Å². The van der Waals surface area contributed by atoms with Crippen molar-refractivity contribution in [3.05, 3.63) is 63.9 Å². The molecule has 30 heavy (non-hydrogen) atoms. The van der Waals surface area contributed by atoms with Gasteiger partial charge in [-0.1, -0.05) is 48.3 Å². The minimum atomic E-state index is -0.724. The fraction of sp³-hybridized carbons (Fsp3) is 0.364. The lowest BCUT2D eigenvalue weighted by Crippen LogP contribution is -2.51. The van der Waals surface area contributed by atoms with E-state index in [9.17, 15) is 14.0 Å². The summed E-state index contributed by atoms with van der Waals surface area (Å²) in [7, 11) is 0. The van der Waals surface area contributed by atoms with Crippen molar-refractivity contribution in [2.24, 2.45) is 0 Å². The van der Waals surface area contributed by atoms with E-state index in [-0.39, 0.29) is 24.2 Å². The van der Waals surface area contributed by atoms with Gasteiger partial charge in [0.1, 0.15) is 6.04 Å². The third-order valence-corrected chi connectivity index (χ3v) is 5.08. The SMILES string of the molecule is CC[C@H](C(=O)NC(C)C)N(Cc1ccc(Cl)c(Cl)c1)C(=O)COc1ccccc1F. The second kappa shape index (κ2) is 11.2. The van der Waals surface area contributed by atoms with Crippen LogP contribution in [0.5, 0.6) is 5.75 Å². The molecular formula is C22H25Cl2FN2O3. The second-order valence-corrected chi connectivity index (χ2v) is 7.89. The van der Waals surface area contributed by atoms with Gasteiger partial charge in [0.2, 0.25) is 5.91 Å². The van der Waals surface area contributed by atoms with Gasteiger partial charge in [-0.25, -0.2) is 4.39 Å². The highest BCUT2D eigenvalue weighted by molar-refractivity contribution is 6.42. The Kier molecular flexibility index (Phi) is 8.93. The zero-order chi connectivity index (χ0) is 22.3. The average Bonchev–Trinajstić information content (AvgIpc) is 2.69. The second-order valence-electron chi connectivity index (χ2n) is 7.08. The molecule has 0 fully saturated rings. The molecule has 2 amide bonds. The van der Waals surface area contributed by atoms with Crippen LogP contribution in [0.15, 0.2) is 42.5 Å². The van der Waals surface area contributed by atoms with Crippen LogP contribution in [0.25, 0.3) is 0 Å². The molecule has 0 aliphatic carbocycles. The topological polar surface area (TPSA) is 58.6 Å². The number of amides is 2. The summed E-state index contributed by atoms with van der Waals surface area (Å²) in [6.07, 6.45) is 0.394. The molecule has 0 spiro atoms. The zero-order valence-corrected chi connectivity index (χ0v) is 18.6. The smallest absolute Gasteiger partial charge is 0.261 e.